The van der Waals surface area contributed by atoms with Gasteiger partial charge >= 0.3 is 0 Å². The van der Waals surface area contributed by atoms with E-state index < -0.39 is 12.0 Å². The fourth-order valence-corrected chi connectivity index (χ4v) is 5.95. The topological polar surface area (TPSA) is 103 Å². The molecule has 5 heterocycles. The molecule has 0 unspecified atom stereocenters. The zero-order valence-electron chi connectivity index (χ0n) is 20.1. The number of anilines is 1. The molecule has 0 aliphatic carbocycles. The van der Waals surface area contributed by atoms with Crippen molar-refractivity contribution in [1.29, 1.82) is 0 Å². The van der Waals surface area contributed by atoms with E-state index in [4.69, 9.17) is 5.11 Å². The zero-order chi connectivity index (χ0) is 25.1. The van der Waals surface area contributed by atoms with Crippen molar-refractivity contribution in [3.63, 3.8) is 0 Å². The van der Waals surface area contributed by atoms with E-state index in [1.807, 2.05) is 17.0 Å². The number of piperidine rings is 2. The molecule has 5 rings (SSSR count). The molecule has 0 radical (unpaired) electrons. The van der Waals surface area contributed by atoms with Gasteiger partial charge in [0, 0.05) is 43.3 Å². The predicted molar refractivity (Wildman–Crippen MR) is 139 cm³/mol. The Labute approximate surface area is 214 Å². The normalized spacial score (nSPS) is 19.4. The second-order valence-electron chi connectivity index (χ2n) is 9.70. The summed E-state index contributed by atoms with van der Waals surface area (Å²) in [6, 6.07) is 6.14. The summed E-state index contributed by atoms with van der Waals surface area (Å²) in [6.07, 6.45) is 10.7. The van der Waals surface area contributed by atoms with Crippen LogP contribution in [0.4, 0.5) is 5.82 Å². The Hall–Kier alpha value is -3.30. The maximum atomic E-state index is 12.9. The van der Waals surface area contributed by atoms with Gasteiger partial charge < -0.3 is 20.2 Å². The lowest BCUT2D eigenvalue weighted by Crippen LogP contribution is -2.51. The molecule has 3 amide bonds. The third-order valence-corrected chi connectivity index (χ3v) is 8.28. The lowest BCUT2D eigenvalue weighted by Gasteiger charge is -2.42. The van der Waals surface area contributed by atoms with E-state index in [0.29, 0.717) is 51.3 Å². The number of nitrogens with one attached hydrogen (secondary N) is 1. The van der Waals surface area contributed by atoms with Crippen molar-refractivity contribution in [2.24, 2.45) is 5.41 Å². The third kappa shape index (κ3) is 5.12. The average Bonchev–Trinajstić information content (AvgIpc) is 3.41. The standard InChI is InChI=1S/C27H30N4O4S/c32-18-24(34)31-11-7-27(8-12-31)16-21-14-20(17-28-25(21)29-26(27)35)3-4-23(33)30-9-5-19(6-10-30)15-22-2-1-13-36-22/h1-4,13-15,17,32H,5-12,16,18H2,(H,28,29,35). The second-order valence-corrected chi connectivity index (χ2v) is 10.7. The highest BCUT2D eigenvalue weighted by molar-refractivity contribution is 7.10. The van der Waals surface area contributed by atoms with E-state index in [0.717, 1.165) is 24.0 Å². The highest BCUT2D eigenvalue weighted by Crippen LogP contribution is 2.41. The van der Waals surface area contributed by atoms with Crippen molar-refractivity contribution in [3.05, 3.63) is 57.4 Å². The Morgan fingerprint density at radius 2 is 1.94 bits per heavy atom. The largest absolute Gasteiger partial charge is 0.387 e. The summed E-state index contributed by atoms with van der Waals surface area (Å²) in [6.45, 7) is 1.82. The number of nitrogens with zero attached hydrogens (tertiary/aromatic N) is 3. The summed E-state index contributed by atoms with van der Waals surface area (Å²) in [7, 11) is 0. The summed E-state index contributed by atoms with van der Waals surface area (Å²) >= 11 is 1.73. The molecule has 2 aromatic heterocycles. The van der Waals surface area contributed by atoms with Crippen molar-refractivity contribution < 1.29 is 19.5 Å². The minimum Gasteiger partial charge on any atom is -0.387 e. The first-order valence-electron chi connectivity index (χ1n) is 12.3. The van der Waals surface area contributed by atoms with Crippen LogP contribution in [0.3, 0.4) is 0 Å². The SMILES string of the molecule is O=C(C=Cc1cnc2c(c1)CC1(CCN(C(=O)CO)CC1)C(=O)N2)N1CCC(=Cc2cccs2)CC1. The van der Waals surface area contributed by atoms with Gasteiger partial charge in [0.05, 0.1) is 5.41 Å². The first-order valence-corrected chi connectivity index (χ1v) is 13.2. The molecule has 9 heteroatoms. The molecule has 36 heavy (non-hydrogen) atoms. The lowest BCUT2D eigenvalue weighted by atomic mass is 9.71. The minimum absolute atomic E-state index is 0.00594. The van der Waals surface area contributed by atoms with E-state index >= 15 is 0 Å². The van der Waals surface area contributed by atoms with E-state index in [1.54, 1.807) is 34.6 Å². The fraction of sp³-hybridized carbons (Fsp3) is 0.407. The average molecular weight is 507 g/mol. The summed E-state index contributed by atoms with van der Waals surface area (Å²) < 4.78 is 0. The van der Waals surface area contributed by atoms with E-state index in [9.17, 15) is 14.4 Å². The molecular weight excluding hydrogens is 476 g/mol. The lowest BCUT2D eigenvalue weighted by molar-refractivity contribution is -0.140. The van der Waals surface area contributed by atoms with Crippen LogP contribution in [0.2, 0.25) is 0 Å². The van der Waals surface area contributed by atoms with Crippen LogP contribution in [-0.2, 0) is 20.8 Å². The van der Waals surface area contributed by atoms with Gasteiger partial charge in [-0.1, -0.05) is 11.6 Å². The van der Waals surface area contributed by atoms with Gasteiger partial charge in [-0.2, -0.15) is 0 Å². The third-order valence-electron chi connectivity index (χ3n) is 7.46. The molecular formula is C27H30N4O4S. The molecule has 2 N–H and O–H groups in total. The molecule has 188 valence electrons. The number of aliphatic hydroxyl groups is 1. The highest BCUT2D eigenvalue weighted by Gasteiger charge is 2.45. The number of likely N-dealkylation sites (tertiary alicyclic amines) is 2. The Balaban J connectivity index is 1.21. The number of hydrogen-bond acceptors (Lipinski definition) is 6. The number of carbonyl (C=O) groups is 3. The Morgan fingerprint density at radius 1 is 1.17 bits per heavy atom. The number of thiophene rings is 1. The first kappa shape index (κ1) is 24.4. The van der Waals surface area contributed by atoms with Gasteiger partial charge in [0.25, 0.3) is 0 Å². The van der Waals surface area contributed by atoms with Crippen LogP contribution in [-0.4, -0.2) is 70.4 Å². The number of fused-ring (bicyclic) bond motifs is 1. The highest BCUT2D eigenvalue weighted by atomic mass is 32.1. The maximum Gasteiger partial charge on any atom is 0.248 e. The predicted octanol–water partition coefficient (Wildman–Crippen LogP) is 2.96. The van der Waals surface area contributed by atoms with E-state index in [1.165, 1.54) is 10.5 Å². The number of amides is 3. The molecule has 0 aromatic carbocycles. The molecule has 2 saturated heterocycles. The zero-order valence-corrected chi connectivity index (χ0v) is 20.9. The first-order chi connectivity index (χ1) is 17.5. The van der Waals surface area contributed by atoms with Gasteiger partial charge in [0.2, 0.25) is 17.7 Å². The summed E-state index contributed by atoms with van der Waals surface area (Å²) in [5.41, 5.74) is 2.55. The van der Waals surface area contributed by atoms with Crippen LogP contribution in [0.1, 0.15) is 41.7 Å². The van der Waals surface area contributed by atoms with Crippen LogP contribution < -0.4 is 5.32 Å². The van der Waals surface area contributed by atoms with Crippen molar-refractivity contribution in [1.82, 2.24) is 14.8 Å². The molecule has 0 saturated carbocycles. The molecule has 2 aromatic rings. The molecule has 3 aliphatic heterocycles. The number of pyridine rings is 1. The van der Waals surface area contributed by atoms with Gasteiger partial charge in [0.1, 0.15) is 12.4 Å². The van der Waals surface area contributed by atoms with Gasteiger partial charge in [0.15, 0.2) is 0 Å². The van der Waals surface area contributed by atoms with Gasteiger partial charge in [-0.3, -0.25) is 14.4 Å². The minimum atomic E-state index is -0.582. The fourth-order valence-electron chi connectivity index (χ4n) is 5.25. The Bertz CT molecular complexity index is 1200. The molecule has 8 nitrogen and oxygen atoms in total. The quantitative estimate of drug-likeness (QED) is 0.621. The van der Waals surface area contributed by atoms with Crippen LogP contribution in [0.15, 0.2) is 41.4 Å². The summed E-state index contributed by atoms with van der Waals surface area (Å²) in [5, 5.41) is 14.1. The molecule has 0 atom stereocenters. The van der Waals surface area contributed by atoms with Crippen molar-refractivity contribution in [2.45, 2.75) is 32.1 Å². The number of carbonyl (C=O) groups excluding carboxylic acids is 3. The van der Waals surface area contributed by atoms with Crippen LogP contribution in [0.5, 0.6) is 0 Å². The van der Waals surface area contributed by atoms with Gasteiger partial charge in [-0.05, 0) is 72.9 Å². The summed E-state index contributed by atoms with van der Waals surface area (Å²) in [5.74, 6) is 0.191. The summed E-state index contributed by atoms with van der Waals surface area (Å²) in [4.78, 5) is 46.7. The van der Waals surface area contributed by atoms with Crippen molar-refractivity contribution in [3.8, 4) is 0 Å². The number of aliphatic hydroxyl groups excluding tert-OH is 1. The number of rotatable bonds is 4. The molecule has 0 bridgehead atoms. The smallest absolute Gasteiger partial charge is 0.248 e. The molecule has 1 spiro atoms. The Morgan fingerprint density at radius 3 is 2.64 bits per heavy atom. The van der Waals surface area contributed by atoms with E-state index in [2.05, 4.69) is 27.8 Å². The number of hydrogen-bond donors (Lipinski definition) is 2. The second kappa shape index (κ2) is 10.4. The maximum absolute atomic E-state index is 12.9. The van der Waals surface area contributed by atoms with Crippen molar-refractivity contribution in [2.75, 3.05) is 38.1 Å². The molecule has 2 fully saturated rings. The number of aromatic nitrogens is 1. The van der Waals surface area contributed by atoms with Crippen LogP contribution >= 0.6 is 11.3 Å². The monoisotopic (exact) mass is 506 g/mol. The van der Waals surface area contributed by atoms with Gasteiger partial charge in [-0.15, -0.1) is 11.3 Å². The van der Waals surface area contributed by atoms with Crippen molar-refractivity contribution >= 4 is 47.0 Å². The van der Waals surface area contributed by atoms with E-state index in [-0.39, 0.29) is 17.7 Å². The van der Waals surface area contributed by atoms with Crippen LogP contribution in [0.25, 0.3) is 12.2 Å². The molecule has 3 aliphatic rings. The van der Waals surface area contributed by atoms with Gasteiger partial charge in [-0.25, -0.2) is 4.98 Å². The van der Waals surface area contributed by atoms with Crippen LogP contribution in [0, 0.1) is 5.41 Å². The Kier molecular flexibility index (Phi) is 7.02.